The van der Waals surface area contributed by atoms with E-state index in [1.807, 2.05) is 72.9 Å². The van der Waals surface area contributed by atoms with Gasteiger partial charge in [-0.2, -0.15) is 0 Å². The lowest BCUT2D eigenvalue weighted by molar-refractivity contribution is -0.167. The van der Waals surface area contributed by atoms with Crippen LogP contribution in [0.5, 0.6) is 0 Å². The van der Waals surface area contributed by atoms with Crippen molar-refractivity contribution in [3.63, 3.8) is 0 Å². The molecule has 1 unspecified atom stereocenters. The second-order valence-corrected chi connectivity index (χ2v) is 17.3. The molecule has 0 heterocycles. The summed E-state index contributed by atoms with van der Waals surface area (Å²) in [6, 6.07) is 0. The van der Waals surface area contributed by atoms with Crippen molar-refractivity contribution in [1.82, 2.24) is 0 Å². The van der Waals surface area contributed by atoms with Crippen LogP contribution in [-0.4, -0.2) is 37.2 Å². The Hall–Kier alpha value is -3.93. The van der Waals surface area contributed by atoms with Gasteiger partial charge in [0.1, 0.15) is 13.2 Å². The molecule has 0 aromatic rings. The lowest BCUT2D eigenvalue weighted by atomic mass is 10.0. The molecule has 0 rings (SSSR count). The van der Waals surface area contributed by atoms with Gasteiger partial charge in [0.05, 0.1) is 0 Å². The van der Waals surface area contributed by atoms with E-state index >= 15 is 0 Å². The largest absolute Gasteiger partial charge is 0.462 e. The van der Waals surface area contributed by atoms with Crippen LogP contribution in [0.15, 0.2) is 109 Å². The summed E-state index contributed by atoms with van der Waals surface area (Å²) in [6.07, 6.45) is 70.7. The fourth-order valence-electron chi connectivity index (χ4n) is 7.00. The summed E-state index contributed by atoms with van der Waals surface area (Å²) in [4.78, 5) is 38.0. The van der Waals surface area contributed by atoms with Crippen LogP contribution in [0, 0.1) is 0 Å². The highest BCUT2D eigenvalue weighted by molar-refractivity contribution is 5.71. The zero-order valence-corrected chi connectivity index (χ0v) is 42.0. The first kappa shape index (κ1) is 61.1. The number of rotatable bonds is 46. The minimum Gasteiger partial charge on any atom is -0.462 e. The molecule has 0 aliphatic carbocycles. The summed E-state index contributed by atoms with van der Waals surface area (Å²) < 4.78 is 16.7. The van der Waals surface area contributed by atoms with Crippen LogP contribution in [0.1, 0.15) is 226 Å². The van der Waals surface area contributed by atoms with Gasteiger partial charge >= 0.3 is 17.9 Å². The topological polar surface area (TPSA) is 78.9 Å². The smallest absolute Gasteiger partial charge is 0.306 e. The van der Waals surface area contributed by atoms with E-state index in [9.17, 15) is 14.4 Å². The quantitative estimate of drug-likeness (QED) is 0.0262. The molecule has 0 fully saturated rings. The SMILES string of the molecule is CC\C=C/C=C\C=C/C=C\C=C\C=C/C=C\CCCCCC(=O)OCC(COC(=O)CCCCCCCCCCCCCC)OC(=O)CCCCC/C=C\C=C/CCCCCCCCC. The van der Waals surface area contributed by atoms with Crippen molar-refractivity contribution < 1.29 is 28.6 Å². The number of allylic oxidation sites excluding steroid dienone is 18. The van der Waals surface area contributed by atoms with Gasteiger partial charge in [-0.3, -0.25) is 14.4 Å². The molecule has 0 amide bonds. The van der Waals surface area contributed by atoms with E-state index < -0.39 is 6.10 Å². The highest BCUT2D eigenvalue weighted by Gasteiger charge is 2.19. The third kappa shape index (κ3) is 50.9. The predicted molar refractivity (Wildman–Crippen MR) is 279 cm³/mol. The molecule has 0 radical (unpaired) electrons. The second kappa shape index (κ2) is 52.7. The van der Waals surface area contributed by atoms with Gasteiger partial charge < -0.3 is 14.2 Å². The normalized spacial score (nSPS) is 13.0. The molecule has 0 aromatic carbocycles. The maximum absolute atomic E-state index is 12.8. The van der Waals surface area contributed by atoms with E-state index in [1.165, 1.54) is 103 Å². The van der Waals surface area contributed by atoms with Crippen molar-refractivity contribution >= 4 is 17.9 Å². The van der Waals surface area contributed by atoms with Gasteiger partial charge in [-0.05, 0) is 64.2 Å². The zero-order chi connectivity index (χ0) is 47.2. The van der Waals surface area contributed by atoms with Crippen LogP contribution >= 0.6 is 0 Å². The Balaban J connectivity index is 4.54. The number of hydrogen-bond donors (Lipinski definition) is 0. The van der Waals surface area contributed by atoms with Crippen molar-refractivity contribution in [2.45, 2.75) is 232 Å². The molecule has 65 heavy (non-hydrogen) atoms. The monoisotopic (exact) mass is 901 g/mol. The molecule has 0 saturated heterocycles. The third-order valence-corrected chi connectivity index (χ3v) is 11.0. The number of ether oxygens (including phenoxy) is 3. The Morgan fingerprint density at radius 2 is 0.600 bits per heavy atom. The lowest BCUT2D eigenvalue weighted by Gasteiger charge is -2.18. The number of esters is 3. The molecule has 1 atom stereocenters. The fraction of sp³-hybridized carbons (Fsp3) is 0.644. The Kier molecular flexibility index (Phi) is 49.5. The van der Waals surface area contributed by atoms with Crippen molar-refractivity contribution in [2.24, 2.45) is 0 Å². The highest BCUT2D eigenvalue weighted by atomic mass is 16.6. The van der Waals surface area contributed by atoms with Crippen LogP contribution in [0.3, 0.4) is 0 Å². The maximum atomic E-state index is 12.8. The Bertz CT molecular complexity index is 1360. The second-order valence-electron chi connectivity index (χ2n) is 17.3. The summed E-state index contributed by atoms with van der Waals surface area (Å²) >= 11 is 0. The fourth-order valence-corrected chi connectivity index (χ4v) is 7.00. The molecular formula is C59H96O6. The lowest BCUT2D eigenvalue weighted by Crippen LogP contribution is -2.30. The number of carbonyl (C=O) groups is 3. The predicted octanol–water partition coefficient (Wildman–Crippen LogP) is 17.5. The van der Waals surface area contributed by atoms with Gasteiger partial charge in [-0.15, -0.1) is 0 Å². The van der Waals surface area contributed by atoms with Crippen LogP contribution in [-0.2, 0) is 28.6 Å². The van der Waals surface area contributed by atoms with Crippen molar-refractivity contribution in [2.75, 3.05) is 13.2 Å². The van der Waals surface area contributed by atoms with Crippen molar-refractivity contribution in [1.29, 1.82) is 0 Å². The summed E-state index contributed by atoms with van der Waals surface area (Å²) in [5.41, 5.74) is 0. The molecule has 6 heteroatoms. The first-order valence-corrected chi connectivity index (χ1v) is 26.5. The van der Waals surface area contributed by atoms with Crippen molar-refractivity contribution in [3.05, 3.63) is 109 Å². The van der Waals surface area contributed by atoms with E-state index in [0.29, 0.717) is 12.8 Å². The molecule has 0 aliphatic heterocycles. The molecule has 0 saturated carbocycles. The van der Waals surface area contributed by atoms with Gasteiger partial charge in [0.2, 0.25) is 0 Å². The Morgan fingerprint density at radius 3 is 0.969 bits per heavy atom. The zero-order valence-electron chi connectivity index (χ0n) is 42.0. The first-order valence-electron chi connectivity index (χ1n) is 26.5. The minimum atomic E-state index is -0.811. The molecule has 0 spiro atoms. The highest BCUT2D eigenvalue weighted by Crippen LogP contribution is 2.14. The molecule has 0 bridgehead atoms. The number of hydrogen-bond acceptors (Lipinski definition) is 6. The number of unbranched alkanes of at least 4 members (excludes halogenated alkanes) is 24. The van der Waals surface area contributed by atoms with E-state index in [1.54, 1.807) is 0 Å². The van der Waals surface area contributed by atoms with E-state index in [4.69, 9.17) is 14.2 Å². The van der Waals surface area contributed by atoms with Gasteiger partial charge in [-0.1, -0.05) is 252 Å². The molecular weight excluding hydrogens is 805 g/mol. The summed E-state index contributed by atoms with van der Waals surface area (Å²) in [5.74, 6) is -0.980. The Labute approximate surface area is 400 Å². The molecule has 6 nitrogen and oxygen atoms in total. The third-order valence-electron chi connectivity index (χ3n) is 11.0. The van der Waals surface area contributed by atoms with E-state index in [-0.39, 0.29) is 37.5 Å². The summed E-state index contributed by atoms with van der Waals surface area (Å²) in [7, 11) is 0. The average molecular weight is 901 g/mol. The maximum Gasteiger partial charge on any atom is 0.306 e. The van der Waals surface area contributed by atoms with Gasteiger partial charge in [0.15, 0.2) is 6.10 Å². The molecule has 0 N–H and O–H groups in total. The number of carbonyl (C=O) groups excluding carboxylic acids is 3. The van der Waals surface area contributed by atoms with E-state index in [0.717, 1.165) is 83.5 Å². The Morgan fingerprint density at radius 1 is 0.323 bits per heavy atom. The van der Waals surface area contributed by atoms with Crippen LogP contribution < -0.4 is 0 Å². The first-order chi connectivity index (χ1) is 32.0. The standard InChI is InChI=1S/C59H96O6/c1-4-7-10-13-16-19-22-25-27-29-30-31-33-34-37-40-43-46-49-52-58(61)64-55-56(54-63-57(60)51-48-45-42-39-36-24-21-18-15-12-9-6-3)65-59(62)53-50-47-44-41-38-35-32-28-26-23-20-17-14-11-8-5-2/h7,10,13,16,19,22,25,27-35,37-38,56H,4-6,8-9,11-12,14-15,17-18,20-21,23-24,26,36,39-55H2,1-3H3/b10-7-,16-13-,22-19-,27-25-,30-29+,32-28-,33-31-,37-34-,38-35-. The van der Waals surface area contributed by atoms with Crippen LogP contribution in [0.25, 0.3) is 0 Å². The van der Waals surface area contributed by atoms with E-state index in [2.05, 4.69) is 57.2 Å². The minimum absolute atomic E-state index is 0.104. The molecule has 0 aliphatic rings. The van der Waals surface area contributed by atoms with Gasteiger partial charge in [-0.25, -0.2) is 0 Å². The molecule has 368 valence electrons. The van der Waals surface area contributed by atoms with Gasteiger partial charge in [0, 0.05) is 19.3 Å². The summed E-state index contributed by atoms with van der Waals surface area (Å²) in [6.45, 7) is 6.41. The average Bonchev–Trinajstić information content (AvgIpc) is 3.30. The van der Waals surface area contributed by atoms with Crippen LogP contribution in [0.4, 0.5) is 0 Å². The molecule has 0 aromatic heterocycles. The van der Waals surface area contributed by atoms with Gasteiger partial charge in [0.25, 0.3) is 0 Å². The van der Waals surface area contributed by atoms with Crippen molar-refractivity contribution in [3.8, 4) is 0 Å². The summed E-state index contributed by atoms with van der Waals surface area (Å²) in [5, 5.41) is 0. The van der Waals surface area contributed by atoms with Crippen LogP contribution in [0.2, 0.25) is 0 Å².